The van der Waals surface area contributed by atoms with Crippen LogP contribution >= 0.6 is 0 Å². The molecule has 0 aromatic carbocycles. The number of hydrogen-bond acceptors (Lipinski definition) is 6. The summed E-state index contributed by atoms with van der Waals surface area (Å²) in [4.78, 5) is 15.1. The van der Waals surface area contributed by atoms with Crippen molar-refractivity contribution in [3.05, 3.63) is 48.5 Å². The summed E-state index contributed by atoms with van der Waals surface area (Å²) in [6.07, 6.45) is 7.40. The van der Waals surface area contributed by atoms with Gasteiger partial charge in [0.05, 0.1) is 37.2 Å². The molecule has 0 unspecified atom stereocenters. The Labute approximate surface area is 135 Å². The molecular weight excluding hydrogens is 292 g/mol. The highest BCUT2D eigenvalue weighted by Crippen LogP contribution is 2.37. The summed E-state index contributed by atoms with van der Waals surface area (Å²) in [5.74, 6) is 0.783. The smallest absolute Gasteiger partial charge is 0.225 e. The fourth-order valence-electron chi connectivity index (χ4n) is 3.35. The van der Waals surface area contributed by atoms with Crippen molar-refractivity contribution >= 4 is 5.95 Å². The summed E-state index contributed by atoms with van der Waals surface area (Å²) < 4.78 is 12.1. The highest BCUT2D eigenvalue weighted by molar-refractivity contribution is 5.32. The van der Waals surface area contributed by atoms with E-state index in [-0.39, 0.29) is 11.7 Å². The van der Waals surface area contributed by atoms with Gasteiger partial charge >= 0.3 is 0 Å². The van der Waals surface area contributed by atoms with Gasteiger partial charge in [0.25, 0.3) is 0 Å². The molecule has 0 radical (unpaired) electrons. The van der Waals surface area contributed by atoms with Crippen molar-refractivity contribution in [3.63, 3.8) is 0 Å². The molecule has 4 rings (SSSR count). The quantitative estimate of drug-likeness (QED) is 0.858. The molecule has 4 heterocycles. The zero-order valence-electron chi connectivity index (χ0n) is 13.0. The lowest BCUT2D eigenvalue weighted by Crippen LogP contribution is -2.33. The van der Waals surface area contributed by atoms with Gasteiger partial charge in [-0.15, -0.1) is 0 Å². The average Bonchev–Trinajstić information content (AvgIpc) is 3.22. The van der Waals surface area contributed by atoms with Crippen LogP contribution in [0.5, 0.6) is 0 Å². The van der Waals surface area contributed by atoms with Crippen molar-refractivity contribution in [2.45, 2.75) is 31.2 Å². The molecule has 2 fully saturated rings. The first kappa shape index (κ1) is 14.5. The van der Waals surface area contributed by atoms with Crippen LogP contribution in [0.3, 0.4) is 0 Å². The van der Waals surface area contributed by atoms with Crippen LogP contribution in [0.25, 0.3) is 0 Å². The van der Waals surface area contributed by atoms with Gasteiger partial charge in [-0.3, -0.25) is 4.98 Å². The molecule has 2 atom stereocenters. The highest BCUT2D eigenvalue weighted by Gasteiger charge is 2.46. The van der Waals surface area contributed by atoms with Crippen LogP contribution in [0.2, 0.25) is 0 Å². The SMILES string of the molecule is c1ccc(CO[C@@H]2CO[C@@]3(CCN(c4ncccn4)C3)C2)nc1. The molecule has 2 aromatic heterocycles. The van der Waals surface area contributed by atoms with E-state index in [9.17, 15) is 0 Å². The Morgan fingerprint density at radius 1 is 1.17 bits per heavy atom. The number of hydrogen-bond donors (Lipinski definition) is 0. The first-order chi connectivity index (χ1) is 11.3. The monoisotopic (exact) mass is 312 g/mol. The molecule has 2 aliphatic rings. The van der Waals surface area contributed by atoms with Gasteiger partial charge in [0, 0.05) is 31.6 Å². The topological polar surface area (TPSA) is 60.4 Å². The van der Waals surface area contributed by atoms with Crippen LogP contribution in [0.15, 0.2) is 42.9 Å². The molecule has 0 saturated carbocycles. The van der Waals surface area contributed by atoms with Gasteiger partial charge in [-0.05, 0) is 24.6 Å². The van der Waals surface area contributed by atoms with Crippen molar-refractivity contribution < 1.29 is 9.47 Å². The van der Waals surface area contributed by atoms with Crippen LogP contribution in [-0.2, 0) is 16.1 Å². The van der Waals surface area contributed by atoms with Crippen LogP contribution in [0, 0.1) is 0 Å². The highest BCUT2D eigenvalue weighted by atomic mass is 16.6. The Balaban J connectivity index is 1.33. The van der Waals surface area contributed by atoms with Crippen LogP contribution in [0.1, 0.15) is 18.5 Å². The minimum Gasteiger partial charge on any atom is -0.370 e. The molecule has 2 aliphatic heterocycles. The third-order valence-corrected chi connectivity index (χ3v) is 4.52. The van der Waals surface area contributed by atoms with E-state index in [1.807, 2.05) is 24.3 Å². The Kier molecular flexibility index (Phi) is 3.93. The fraction of sp³-hybridized carbons (Fsp3) is 0.471. The van der Waals surface area contributed by atoms with Crippen molar-refractivity contribution in [2.24, 2.45) is 0 Å². The van der Waals surface area contributed by atoms with E-state index < -0.39 is 0 Å². The minimum absolute atomic E-state index is 0.117. The third-order valence-electron chi connectivity index (χ3n) is 4.52. The fourth-order valence-corrected chi connectivity index (χ4v) is 3.35. The normalized spacial score (nSPS) is 27.0. The summed E-state index contributed by atoms with van der Waals surface area (Å²) in [5, 5.41) is 0. The van der Waals surface area contributed by atoms with E-state index in [1.54, 1.807) is 18.6 Å². The standard InChI is InChI=1S/C17H20N4O2/c1-2-6-18-14(4-1)11-22-15-10-17(23-12-15)5-9-21(13-17)16-19-7-3-8-20-16/h1-4,6-8,15H,5,9-13H2/t15-,17-/m0/s1. The first-order valence-corrected chi connectivity index (χ1v) is 8.00. The number of pyridine rings is 1. The van der Waals surface area contributed by atoms with Gasteiger partial charge < -0.3 is 14.4 Å². The van der Waals surface area contributed by atoms with E-state index in [0.717, 1.165) is 37.6 Å². The van der Waals surface area contributed by atoms with E-state index in [2.05, 4.69) is 19.9 Å². The first-order valence-electron chi connectivity index (χ1n) is 8.00. The second-order valence-electron chi connectivity index (χ2n) is 6.17. The summed E-state index contributed by atoms with van der Waals surface area (Å²) in [5.41, 5.74) is 0.840. The Bertz CT molecular complexity index is 640. The van der Waals surface area contributed by atoms with Gasteiger partial charge in [-0.25, -0.2) is 9.97 Å². The molecule has 6 nitrogen and oxygen atoms in total. The van der Waals surface area contributed by atoms with E-state index in [1.165, 1.54) is 0 Å². The predicted molar refractivity (Wildman–Crippen MR) is 85.0 cm³/mol. The molecule has 120 valence electrons. The van der Waals surface area contributed by atoms with Gasteiger partial charge in [0.1, 0.15) is 0 Å². The van der Waals surface area contributed by atoms with Gasteiger partial charge in [-0.1, -0.05) is 6.07 Å². The van der Waals surface area contributed by atoms with Crippen LogP contribution < -0.4 is 4.90 Å². The second kappa shape index (κ2) is 6.22. The maximum atomic E-state index is 6.11. The third kappa shape index (κ3) is 3.18. The number of nitrogens with zero attached hydrogens (tertiary/aromatic N) is 4. The maximum Gasteiger partial charge on any atom is 0.225 e. The largest absolute Gasteiger partial charge is 0.370 e. The number of ether oxygens (including phenoxy) is 2. The Hall–Kier alpha value is -2.05. The van der Waals surface area contributed by atoms with Gasteiger partial charge in [0.2, 0.25) is 5.95 Å². The average molecular weight is 312 g/mol. The number of aromatic nitrogens is 3. The molecule has 23 heavy (non-hydrogen) atoms. The molecule has 2 aromatic rings. The van der Waals surface area contributed by atoms with Crippen molar-refractivity contribution in [3.8, 4) is 0 Å². The zero-order chi connectivity index (χ0) is 15.5. The minimum atomic E-state index is -0.117. The predicted octanol–water partition coefficient (Wildman–Crippen LogP) is 1.83. The van der Waals surface area contributed by atoms with E-state index >= 15 is 0 Å². The summed E-state index contributed by atoms with van der Waals surface area (Å²) in [6.45, 7) is 2.95. The van der Waals surface area contributed by atoms with Crippen molar-refractivity contribution in [1.29, 1.82) is 0 Å². The summed E-state index contributed by atoms with van der Waals surface area (Å²) in [6, 6.07) is 7.71. The lowest BCUT2D eigenvalue weighted by Gasteiger charge is -2.23. The lowest BCUT2D eigenvalue weighted by molar-refractivity contribution is 0.00528. The lowest BCUT2D eigenvalue weighted by atomic mass is 9.98. The molecule has 0 amide bonds. The number of anilines is 1. The molecular formula is C17H20N4O2. The number of rotatable bonds is 4. The van der Waals surface area contributed by atoms with Crippen LogP contribution in [0.4, 0.5) is 5.95 Å². The van der Waals surface area contributed by atoms with E-state index in [0.29, 0.717) is 13.2 Å². The Morgan fingerprint density at radius 3 is 2.87 bits per heavy atom. The van der Waals surface area contributed by atoms with Gasteiger partial charge in [0.15, 0.2) is 0 Å². The summed E-state index contributed by atoms with van der Waals surface area (Å²) in [7, 11) is 0. The molecule has 2 saturated heterocycles. The maximum absolute atomic E-state index is 6.11. The van der Waals surface area contributed by atoms with Crippen molar-refractivity contribution in [2.75, 3.05) is 24.6 Å². The molecule has 6 heteroatoms. The zero-order valence-corrected chi connectivity index (χ0v) is 13.0. The molecule has 0 aliphatic carbocycles. The summed E-state index contributed by atoms with van der Waals surface area (Å²) >= 11 is 0. The Morgan fingerprint density at radius 2 is 2.04 bits per heavy atom. The molecule has 1 spiro atoms. The molecule has 0 N–H and O–H groups in total. The van der Waals surface area contributed by atoms with Crippen molar-refractivity contribution in [1.82, 2.24) is 15.0 Å². The van der Waals surface area contributed by atoms with E-state index in [4.69, 9.17) is 9.47 Å². The molecule has 0 bridgehead atoms. The van der Waals surface area contributed by atoms with Crippen LogP contribution in [-0.4, -0.2) is 46.4 Å². The van der Waals surface area contributed by atoms with Gasteiger partial charge in [-0.2, -0.15) is 0 Å². The second-order valence-corrected chi connectivity index (χ2v) is 6.17.